The highest BCUT2D eigenvalue weighted by Gasteiger charge is 2.33. The molecule has 1 saturated heterocycles. The van der Waals surface area contributed by atoms with Crippen LogP contribution in [0.1, 0.15) is 16.1 Å². The number of aromatic carboxylic acids is 1. The molecule has 4 aromatic rings. The summed E-state index contributed by atoms with van der Waals surface area (Å²) in [4.78, 5) is 31.5. The first-order valence-electron chi connectivity index (χ1n) is 11.3. The van der Waals surface area contributed by atoms with Crippen molar-refractivity contribution in [2.45, 2.75) is 0 Å². The van der Waals surface area contributed by atoms with E-state index in [1.807, 2.05) is 42.5 Å². The number of benzene rings is 3. The van der Waals surface area contributed by atoms with Crippen LogP contribution in [-0.4, -0.2) is 47.3 Å². The van der Waals surface area contributed by atoms with Gasteiger partial charge in [0.1, 0.15) is 11.5 Å². The summed E-state index contributed by atoms with van der Waals surface area (Å²) >= 11 is 7.24. The summed E-state index contributed by atoms with van der Waals surface area (Å²) in [5.41, 5.74) is 1.30. The Hall–Kier alpha value is -3.85. The Balaban J connectivity index is 1.44. The van der Waals surface area contributed by atoms with E-state index in [0.29, 0.717) is 40.3 Å². The van der Waals surface area contributed by atoms with Gasteiger partial charge in [-0.05, 0) is 65.0 Å². The van der Waals surface area contributed by atoms with E-state index in [1.165, 1.54) is 23.9 Å². The third-order valence-corrected chi connectivity index (χ3v) is 7.08. The van der Waals surface area contributed by atoms with Gasteiger partial charge in [0.05, 0.1) is 34.3 Å². The lowest BCUT2D eigenvalue weighted by Gasteiger charge is -2.14. The average molecular weight is 533 g/mol. The van der Waals surface area contributed by atoms with Crippen LogP contribution in [0.2, 0.25) is 5.02 Å². The maximum absolute atomic E-state index is 13.2. The number of ether oxygens (including phenoxy) is 1. The first-order valence-corrected chi connectivity index (χ1v) is 12.5. The summed E-state index contributed by atoms with van der Waals surface area (Å²) in [5, 5.41) is 12.2. The molecule has 0 radical (unpaired) electrons. The van der Waals surface area contributed by atoms with E-state index in [1.54, 1.807) is 36.3 Å². The molecule has 3 aromatic carbocycles. The summed E-state index contributed by atoms with van der Waals surface area (Å²) in [6, 6.07) is 22.0. The second-order valence-electron chi connectivity index (χ2n) is 8.19. The lowest BCUT2D eigenvalue weighted by molar-refractivity contribution is -0.122. The number of hydrogen-bond donors (Lipinski definition) is 1. The van der Waals surface area contributed by atoms with Crippen LogP contribution in [0, 0.1) is 0 Å². The maximum atomic E-state index is 13.2. The maximum Gasteiger partial charge on any atom is 0.337 e. The van der Waals surface area contributed by atoms with Crippen LogP contribution in [-0.2, 0) is 9.53 Å². The molecule has 1 aliphatic rings. The predicted octanol–water partition coefficient (Wildman–Crippen LogP) is 6.70. The van der Waals surface area contributed by atoms with Crippen LogP contribution in [0.4, 0.5) is 5.69 Å². The van der Waals surface area contributed by atoms with Crippen LogP contribution in [0.5, 0.6) is 0 Å². The number of halogens is 1. The van der Waals surface area contributed by atoms with Crippen molar-refractivity contribution >= 4 is 62.9 Å². The van der Waals surface area contributed by atoms with Gasteiger partial charge in [-0.25, -0.2) is 9.79 Å². The summed E-state index contributed by atoms with van der Waals surface area (Å²) in [6.07, 6.45) is 1.66. The number of rotatable bonds is 7. The quantitative estimate of drug-likeness (QED) is 0.266. The first kappa shape index (κ1) is 24.8. The van der Waals surface area contributed by atoms with Crippen LogP contribution in [0.3, 0.4) is 0 Å². The van der Waals surface area contributed by atoms with Gasteiger partial charge in [-0.3, -0.25) is 9.69 Å². The summed E-state index contributed by atoms with van der Waals surface area (Å²) in [5.74, 6) is -0.402. The molecule has 0 unspecified atom stereocenters. The molecule has 1 N–H and O–H groups in total. The monoisotopic (exact) mass is 532 g/mol. The van der Waals surface area contributed by atoms with Crippen LogP contribution >= 0.6 is 23.4 Å². The second kappa shape index (κ2) is 10.6. The van der Waals surface area contributed by atoms with Crippen molar-refractivity contribution in [2.75, 3.05) is 20.3 Å². The highest BCUT2D eigenvalue weighted by atomic mass is 35.5. The van der Waals surface area contributed by atoms with Crippen molar-refractivity contribution in [1.82, 2.24) is 4.90 Å². The van der Waals surface area contributed by atoms with Gasteiger partial charge in [0.2, 0.25) is 0 Å². The van der Waals surface area contributed by atoms with Gasteiger partial charge >= 0.3 is 5.97 Å². The molecule has 37 heavy (non-hydrogen) atoms. The van der Waals surface area contributed by atoms with Crippen molar-refractivity contribution in [3.63, 3.8) is 0 Å². The SMILES string of the molecule is COCCN1C(=O)/C(=C\c2ccc(-c3ccc(Cl)c(C(=O)O)c3)o2)SC1=Nc1ccc2ccccc2c1. The fraction of sp³-hybridized carbons (Fsp3) is 0.107. The van der Waals surface area contributed by atoms with Crippen molar-refractivity contribution in [3.8, 4) is 11.3 Å². The Labute approximate surface area is 222 Å². The summed E-state index contributed by atoms with van der Waals surface area (Å²) in [7, 11) is 1.58. The molecule has 0 atom stereocenters. The van der Waals surface area contributed by atoms with Crippen molar-refractivity contribution in [3.05, 3.63) is 94.0 Å². The Kier molecular flexibility index (Phi) is 7.14. The molecule has 2 heterocycles. The number of methoxy groups -OCH3 is 1. The molecule has 186 valence electrons. The van der Waals surface area contributed by atoms with Gasteiger partial charge in [0, 0.05) is 18.7 Å². The molecule has 1 amide bonds. The minimum atomic E-state index is -1.12. The molecule has 0 aliphatic carbocycles. The smallest absolute Gasteiger partial charge is 0.337 e. The van der Waals surface area contributed by atoms with Crippen LogP contribution < -0.4 is 0 Å². The molecule has 1 aromatic heterocycles. The number of carbonyl (C=O) groups is 2. The highest BCUT2D eigenvalue weighted by molar-refractivity contribution is 8.18. The number of aliphatic imine (C=N–C) groups is 1. The molecule has 5 rings (SSSR count). The zero-order valence-electron chi connectivity index (χ0n) is 19.7. The Morgan fingerprint density at radius 1 is 1.11 bits per heavy atom. The Morgan fingerprint density at radius 2 is 1.92 bits per heavy atom. The van der Waals surface area contributed by atoms with Crippen LogP contribution in [0.15, 0.2) is 87.1 Å². The number of thioether (sulfide) groups is 1. The molecule has 0 spiro atoms. The second-order valence-corrected chi connectivity index (χ2v) is 9.60. The Morgan fingerprint density at radius 3 is 2.70 bits per heavy atom. The standard InChI is InChI=1S/C28H21ClN2O5S/c1-35-13-12-31-26(32)25(37-28(31)30-20-8-6-17-4-2-3-5-18(17)14-20)16-21-9-11-24(36-21)19-7-10-23(29)22(15-19)27(33)34/h2-11,14-16H,12-13H2,1H3,(H,33,34)/b25-16+,30-28?. The van der Waals surface area contributed by atoms with E-state index < -0.39 is 5.97 Å². The number of furan rings is 1. The van der Waals surface area contributed by atoms with Gasteiger partial charge in [-0.15, -0.1) is 0 Å². The molecule has 0 saturated carbocycles. The molecule has 7 nitrogen and oxygen atoms in total. The predicted molar refractivity (Wildman–Crippen MR) is 146 cm³/mol. The van der Waals surface area contributed by atoms with E-state index in [4.69, 9.17) is 25.7 Å². The van der Waals surface area contributed by atoms with Crippen molar-refractivity contribution < 1.29 is 23.8 Å². The number of carboxylic acids is 1. The van der Waals surface area contributed by atoms with E-state index in [-0.39, 0.29) is 16.5 Å². The highest BCUT2D eigenvalue weighted by Crippen LogP contribution is 2.36. The van der Waals surface area contributed by atoms with E-state index in [2.05, 4.69) is 0 Å². The van der Waals surface area contributed by atoms with Gasteiger partial charge < -0.3 is 14.3 Å². The largest absolute Gasteiger partial charge is 0.478 e. The van der Waals surface area contributed by atoms with E-state index >= 15 is 0 Å². The van der Waals surface area contributed by atoms with Gasteiger partial charge in [0.15, 0.2) is 5.17 Å². The normalized spacial score (nSPS) is 15.8. The first-order chi connectivity index (χ1) is 17.9. The minimum Gasteiger partial charge on any atom is -0.478 e. The number of amidine groups is 1. The number of fused-ring (bicyclic) bond motifs is 1. The van der Waals surface area contributed by atoms with Crippen molar-refractivity contribution in [1.29, 1.82) is 0 Å². The fourth-order valence-electron chi connectivity index (χ4n) is 3.89. The zero-order valence-corrected chi connectivity index (χ0v) is 21.3. The topological polar surface area (TPSA) is 92.3 Å². The number of carboxylic acid groups (broad SMARTS) is 1. The fourth-order valence-corrected chi connectivity index (χ4v) is 5.09. The number of carbonyl (C=O) groups excluding carboxylic acids is 1. The molecule has 9 heteroatoms. The molecular weight excluding hydrogens is 512 g/mol. The molecule has 1 aliphatic heterocycles. The Bertz CT molecular complexity index is 1580. The summed E-state index contributed by atoms with van der Waals surface area (Å²) in [6.45, 7) is 0.724. The lowest BCUT2D eigenvalue weighted by atomic mass is 10.1. The van der Waals surface area contributed by atoms with Crippen LogP contribution in [0.25, 0.3) is 28.2 Å². The molecule has 1 fully saturated rings. The minimum absolute atomic E-state index is 0.0136. The zero-order chi connectivity index (χ0) is 25.9. The average Bonchev–Trinajstić information content (AvgIpc) is 3.47. The number of amides is 1. The third-order valence-electron chi connectivity index (χ3n) is 5.75. The number of hydrogen-bond acceptors (Lipinski definition) is 6. The van der Waals surface area contributed by atoms with Gasteiger partial charge in [-0.2, -0.15) is 0 Å². The molecule has 0 bridgehead atoms. The van der Waals surface area contributed by atoms with Gasteiger partial charge in [-0.1, -0.05) is 41.9 Å². The van der Waals surface area contributed by atoms with E-state index in [9.17, 15) is 14.7 Å². The van der Waals surface area contributed by atoms with Gasteiger partial charge in [0.25, 0.3) is 5.91 Å². The summed E-state index contributed by atoms with van der Waals surface area (Å²) < 4.78 is 11.1. The van der Waals surface area contributed by atoms with E-state index in [0.717, 1.165) is 16.5 Å². The number of nitrogens with zero attached hydrogens (tertiary/aromatic N) is 2. The molecular formula is C28H21ClN2O5S. The third kappa shape index (κ3) is 5.32. The lowest BCUT2D eigenvalue weighted by Crippen LogP contribution is -2.32. The van der Waals surface area contributed by atoms with Crippen molar-refractivity contribution in [2.24, 2.45) is 4.99 Å².